The summed E-state index contributed by atoms with van der Waals surface area (Å²) in [4.78, 5) is 11.5. The molecule has 1 aromatic carbocycles. The molecule has 2 heteroatoms. The van der Waals surface area contributed by atoms with Crippen molar-refractivity contribution < 1.29 is 9.53 Å². The largest absolute Gasteiger partial charge is 0.490 e. The Balaban J connectivity index is 2.09. The number of allylic oxidation sites excluding steroid dienone is 1. The molecule has 2 nitrogen and oxygen atoms in total. The lowest BCUT2D eigenvalue weighted by molar-refractivity contribution is -0.122. The van der Waals surface area contributed by atoms with Gasteiger partial charge in [-0.2, -0.15) is 0 Å². The summed E-state index contributed by atoms with van der Waals surface area (Å²) in [7, 11) is 0. The van der Waals surface area contributed by atoms with Crippen LogP contribution in [0.4, 0.5) is 0 Å². The summed E-state index contributed by atoms with van der Waals surface area (Å²) in [6.45, 7) is 0. The second-order valence-corrected chi connectivity index (χ2v) is 4.22. The number of rotatable bonds is 0. The molecule has 0 amide bonds. The number of ketones is 1. The Hall–Kier alpha value is -1.57. The van der Waals surface area contributed by atoms with Crippen LogP contribution in [0.3, 0.4) is 0 Å². The topological polar surface area (TPSA) is 26.3 Å². The first-order valence-electron chi connectivity index (χ1n) is 5.26. The van der Waals surface area contributed by atoms with E-state index < -0.39 is 0 Å². The molecule has 0 saturated carbocycles. The van der Waals surface area contributed by atoms with E-state index in [0.717, 1.165) is 12.8 Å². The van der Waals surface area contributed by atoms with Crippen LogP contribution in [0.1, 0.15) is 24.0 Å². The molecular weight excluding hydrogens is 188 g/mol. The normalized spacial score (nSPS) is 27.9. The van der Waals surface area contributed by atoms with Crippen molar-refractivity contribution in [1.29, 1.82) is 0 Å². The van der Waals surface area contributed by atoms with E-state index in [1.54, 1.807) is 6.26 Å². The van der Waals surface area contributed by atoms with E-state index >= 15 is 0 Å². The molecule has 0 radical (unpaired) electrons. The second kappa shape index (κ2) is 2.96. The average Bonchev–Trinajstić information content (AvgIpc) is 2.59. The minimum Gasteiger partial charge on any atom is -0.490 e. The fourth-order valence-electron chi connectivity index (χ4n) is 2.58. The van der Waals surface area contributed by atoms with Crippen molar-refractivity contribution in [2.45, 2.75) is 24.9 Å². The van der Waals surface area contributed by atoms with Gasteiger partial charge in [-0.05, 0) is 24.0 Å². The van der Waals surface area contributed by atoms with E-state index in [9.17, 15) is 4.79 Å². The lowest BCUT2D eigenvalue weighted by Crippen LogP contribution is -2.30. The van der Waals surface area contributed by atoms with Gasteiger partial charge in [0, 0.05) is 6.08 Å². The number of carbonyl (C=O) groups is 1. The fourth-order valence-corrected chi connectivity index (χ4v) is 2.58. The summed E-state index contributed by atoms with van der Waals surface area (Å²) in [5, 5.41) is 0. The van der Waals surface area contributed by atoms with Crippen molar-refractivity contribution in [3.63, 3.8) is 0 Å². The van der Waals surface area contributed by atoms with Gasteiger partial charge in [0.1, 0.15) is 5.60 Å². The van der Waals surface area contributed by atoms with Crippen LogP contribution in [-0.4, -0.2) is 5.78 Å². The van der Waals surface area contributed by atoms with Gasteiger partial charge in [0.2, 0.25) is 0 Å². The number of fused-ring (bicyclic) bond motifs is 2. The van der Waals surface area contributed by atoms with Crippen LogP contribution in [0.15, 0.2) is 36.6 Å². The van der Waals surface area contributed by atoms with Gasteiger partial charge < -0.3 is 4.74 Å². The molecule has 0 bridgehead atoms. The molecule has 1 aromatic rings. The second-order valence-electron chi connectivity index (χ2n) is 4.22. The van der Waals surface area contributed by atoms with E-state index in [2.05, 4.69) is 12.1 Å². The molecule has 1 spiro atoms. The molecule has 1 atom stereocenters. The third-order valence-corrected chi connectivity index (χ3v) is 3.31. The van der Waals surface area contributed by atoms with Gasteiger partial charge in [-0.1, -0.05) is 24.3 Å². The van der Waals surface area contributed by atoms with Gasteiger partial charge in [0.05, 0.1) is 12.7 Å². The molecule has 1 aliphatic heterocycles. The van der Waals surface area contributed by atoms with Gasteiger partial charge in [0.15, 0.2) is 5.78 Å². The van der Waals surface area contributed by atoms with E-state index in [4.69, 9.17) is 4.74 Å². The quantitative estimate of drug-likeness (QED) is 0.642. The van der Waals surface area contributed by atoms with Crippen LogP contribution in [0.5, 0.6) is 0 Å². The summed E-state index contributed by atoms with van der Waals surface area (Å²) in [5.74, 6) is 0.165. The van der Waals surface area contributed by atoms with Crippen LogP contribution in [0.2, 0.25) is 0 Å². The maximum absolute atomic E-state index is 11.5. The van der Waals surface area contributed by atoms with E-state index in [0.29, 0.717) is 6.42 Å². The van der Waals surface area contributed by atoms with Crippen LogP contribution < -0.4 is 0 Å². The summed E-state index contributed by atoms with van der Waals surface area (Å²) >= 11 is 0. The Labute approximate surface area is 88.6 Å². The van der Waals surface area contributed by atoms with Crippen molar-refractivity contribution in [1.82, 2.24) is 0 Å². The zero-order chi connectivity index (χ0) is 10.3. The predicted octanol–water partition coefficient (Wildman–Crippen LogP) is 2.33. The van der Waals surface area contributed by atoms with Crippen molar-refractivity contribution in [2.75, 3.05) is 0 Å². The van der Waals surface area contributed by atoms with Gasteiger partial charge >= 0.3 is 0 Å². The third-order valence-electron chi connectivity index (χ3n) is 3.31. The number of ether oxygens (including phenoxy) is 1. The van der Waals surface area contributed by atoms with E-state index in [1.165, 1.54) is 17.2 Å². The Kier molecular flexibility index (Phi) is 1.72. The summed E-state index contributed by atoms with van der Waals surface area (Å²) < 4.78 is 5.72. The lowest BCUT2D eigenvalue weighted by Gasteiger charge is -2.31. The molecule has 15 heavy (non-hydrogen) atoms. The van der Waals surface area contributed by atoms with Gasteiger partial charge in [-0.15, -0.1) is 0 Å². The molecule has 0 aromatic heterocycles. The van der Waals surface area contributed by atoms with Crippen molar-refractivity contribution >= 4 is 5.78 Å². The van der Waals surface area contributed by atoms with Gasteiger partial charge in [-0.3, -0.25) is 4.79 Å². The summed E-state index contributed by atoms with van der Waals surface area (Å²) in [6, 6.07) is 8.25. The first kappa shape index (κ1) is 8.72. The molecule has 2 aliphatic rings. The standard InChI is InChI=1S/C13H12O2/c14-11-6-8-15-13(9-11)7-5-10-3-1-2-4-12(10)13/h1-4,6,8H,5,7,9H2. The smallest absolute Gasteiger partial charge is 0.163 e. The highest BCUT2D eigenvalue weighted by Gasteiger charge is 2.42. The maximum atomic E-state index is 11.5. The number of aryl methyl sites for hydroxylation is 1. The minimum atomic E-state index is -0.359. The van der Waals surface area contributed by atoms with Crippen molar-refractivity contribution in [3.05, 3.63) is 47.7 Å². The number of hydrogen-bond donors (Lipinski definition) is 0. The Morgan fingerprint density at radius 3 is 3.00 bits per heavy atom. The SMILES string of the molecule is O=C1C=COC2(CCc3ccccc32)C1. The summed E-state index contributed by atoms with van der Waals surface area (Å²) in [6.07, 6.45) is 5.49. The number of hydrogen-bond acceptors (Lipinski definition) is 2. The first-order valence-corrected chi connectivity index (χ1v) is 5.26. The molecule has 1 aliphatic carbocycles. The maximum Gasteiger partial charge on any atom is 0.163 e. The first-order chi connectivity index (χ1) is 7.30. The van der Waals surface area contributed by atoms with Crippen LogP contribution >= 0.6 is 0 Å². The predicted molar refractivity (Wildman–Crippen MR) is 56.3 cm³/mol. The molecular formula is C13H12O2. The molecule has 1 heterocycles. The number of carbonyl (C=O) groups excluding carboxylic acids is 1. The average molecular weight is 200 g/mol. The molecule has 3 rings (SSSR count). The van der Waals surface area contributed by atoms with Crippen molar-refractivity contribution in [3.8, 4) is 0 Å². The molecule has 0 saturated heterocycles. The van der Waals surface area contributed by atoms with Crippen LogP contribution in [0, 0.1) is 0 Å². The molecule has 0 fully saturated rings. The summed E-state index contributed by atoms with van der Waals surface area (Å²) in [5.41, 5.74) is 2.16. The molecule has 76 valence electrons. The highest BCUT2D eigenvalue weighted by Crippen LogP contribution is 2.44. The molecule has 1 unspecified atom stereocenters. The van der Waals surface area contributed by atoms with E-state index in [-0.39, 0.29) is 11.4 Å². The van der Waals surface area contributed by atoms with Gasteiger partial charge in [-0.25, -0.2) is 0 Å². The monoisotopic (exact) mass is 200 g/mol. The molecule has 0 N–H and O–H groups in total. The fraction of sp³-hybridized carbons (Fsp3) is 0.308. The Morgan fingerprint density at radius 2 is 2.13 bits per heavy atom. The third kappa shape index (κ3) is 1.21. The van der Waals surface area contributed by atoms with Crippen molar-refractivity contribution in [2.24, 2.45) is 0 Å². The minimum absolute atomic E-state index is 0.165. The highest BCUT2D eigenvalue weighted by atomic mass is 16.5. The number of benzene rings is 1. The van der Waals surface area contributed by atoms with Crippen LogP contribution in [-0.2, 0) is 21.6 Å². The van der Waals surface area contributed by atoms with E-state index in [1.807, 2.05) is 12.1 Å². The highest BCUT2D eigenvalue weighted by molar-refractivity contribution is 5.91. The van der Waals surface area contributed by atoms with Crippen LogP contribution in [0.25, 0.3) is 0 Å². The zero-order valence-electron chi connectivity index (χ0n) is 8.40. The lowest BCUT2D eigenvalue weighted by atomic mass is 9.89. The zero-order valence-corrected chi connectivity index (χ0v) is 8.40. The Morgan fingerprint density at radius 1 is 1.27 bits per heavy atom. The van der Waals surface area contributed by atoms with Gasteiger partial charge in [0.25, 0.3) is 0 Å². The Bertz CT molecular complexity index is 448.